The third-order valence-corrected chi connectivity index (χ3v) is 6.97. The topological polar surface area (TPSA) is 40.0 Å². The van der Waals surface area contributed by atoms with Crippen molar-refractivity contribution in [3.8, 4) is 5.75 Å². The second-order valence-corrected chi connectivity index (χ2v) is 9.31. The number of hydrogen-bond donors (Lipinski definition) is 0. The number of ether oxygens (including phenoxy) is 3. The lowest BCUT2D eigenvalue weighted by Gasteiger charge is -2.38. The zero-order valence-corrected chi connectivity index (χ0v) is 19.7. The number of hydrogen-bond acceptors (Lipinski definition) is 4. The lowest BCUT2D eigenvalue weighted by atomic mass is 9.87. The van der Waals surface area contributed by atoms with Gasteiger partial charge in [0, 0.05) is 0 Å². The minimum absolute atomic E-state index is 0.0104. The van der Waals surface area contributed by atoms with Gasteiger partial charge in [-0.05, 0) is 69.0 Å². The molecule has 1 aromatic carbocycles. The molecule has 4 heteroatoms. The minimum Gasteiger partial charge on any atom is -0.491 e. The third-order valence-electron chi connectivity index (χ3n) is 6.97. The fourth-order valence-electron chi connectivity index (χ4n) is 5.01. The highest BCUT2D eigenvalue weighted by Crippen LogP contribution is 2.31. The van der Waals surface area contributed by atoms with Crippen LogP contribution >= 0.6 is 0 Å². The first-order chi connectivity index (χ1) is 15.1. The molecular weight excluding hydrogens is 386 g/mol. The lowest BCUT2D eigenvalue weighted by molar-refractivity contribution is -0.156. The first-order valence-corrected chi connectivity index (χ1v) is 12.3. The summed E-state index contributed by atoms with van der Waals surface area (Å²) in [6.45, 7) is 10.8. The number of rotatable bonds is 10. The van der Waals surface area contributed by atoms with E-state index in [2.05, 4.69) is 44.3 Å². The Morgan fingerprint density at radius 1 is 1.00 bits per heavy atom. The van der Waals surface area contributed by atoms with Crippen molar-refractivity contribution >= 4 is 5.87 Å². The van der Waals surface area contributed by atoms with Crippen LogP contribution in [0.15, 0.2) is 35.8 Å². The zero-order chi connectivity index (χ0) is 22.1. The molecule has 0 heterocycles. The quantitative estimate of drug-likeness (QED) is 0.411. The maximum atomic E-state index is 6.75. The van der Waals surface area contributed by atoms with E-state index in [4.69, 9.17) is 14.2 Å². The molecule has 2 fully saturated rings. The third kappa shape index (κ3) is 6.94. The highest BCUT2D eigenvalue weighted by atomic mass is 16.6. The van der Waals surface area contributed by atoms with E-state index in [1.54, 1.807) is 0 Å². The van der Waals surface area contributed by atoms with Gasteiger partial charge in [-0.3, -0.25) is 0 Å². The van der Waals surface area contributed by atoms with E-state index in [9.17, 15) is 0 Å². The van der Waals surface area contributed by atoms with Gasteiger partial charge in [0.15, 0.2) is 0 Å². The Morgan fingerprint density at radius 3 is 2.39 bits per heavy atom. The summed E-state index contributed by atoms with van der Waals surface area (Å²) in [6.07, 6.45) is 10.6. The Labute approximate surface area is 189 Å². The number of aliphatic imine (C=N–C) groups is 1. The van der Waals surface area contributed by atoms with Gasteiger partial charge in [0.25, 0.3) is 0 Å². The Bertz CT molecular complexity index is 714. The van der Waals surface area contributed by atoms with Crippen LogP contribution in [0.5, 0.6) is 5.75 Å². The van der Waals surface area contributed by atoms with Gasteiger partial charge in [-0.2, -0.15) is 0 Å². The van der Waals surface area contributed by atoms with Crippen LogP contribution in [0.3, 0.4) is 0 Å². The van der Waals surface area contributed by atoms with Gasteiger partial charge in [-0.15, -0.1) is 0 Å². The molecule has 3 rings (SSSR count). The fourth-order valence-corrected chi connectivity index (χ4v) is 5.01. The van der Waals surface area contributed by atoms with Crippen LogP contribution in [-0.4, -0.2) is 42.9 Å². The van der Waals surface area contributed by atoms with Crippen LogP contribution in [0.4, 0.5) is 0 Å². The number of benzene rings is 1. The largest absolute Gasteiger partial charge is 0.491 e. The molecule has 31 heavy (non-hydrogen) atoms. The molecule has 2 aliphatic rings. The average Bonchev–Trinajstić information content (AvgIpc) is 2.78. The van der Waals surface area contributed by atoms with Crippen molar-refractivity contribution in [2.24, 2.45) is 10.9 Å². The van der Waals surface area contributed by atoms with Gasteiger partial charge in [-0.25, -0.2) is 4.99 Å². The molecule has 4 nitrogen and oxygen atoms in total. The lowest BCUT2D eigenvalue weighted by Crippen LogP contribution is -2.45. The van der Waals surface area contributed by atoms with Crippen molar-refractivity contribution in [1.29, 1.82) is 0 Å². The predicted molar refractivity (Wildman–Crippen MR) is 127 cm³/mol. The maximum Gasteiger partial charge on any atom is 0.122 e. The molecule has 0 aromatic heterocycles. The SMILES string of the molecule is C=C=NC1CCCC[C@@H]1OC(CC)C(COc1ccccc1C)O[C@H]1CCCCC1C. The molecule has 0 saturated heterocycles. The summed E-state index contributed by atoms with van der Waals surface area (Å²) in [5.74, 6) is 4.26. The predicted octanol–water partition coefficient (Wildman–Crippen LogP) is 6.30. The Morgan fingerprint density at radius 2 is 1.68 bits per heavy atom. The van der Waals surface area contributed by atoms with E-state index in [0.717, 1.165) is 37.0 Å². The van der Waals surface area contributed by atoms with Crippen molar-refractivity contribution in [2.75, 3.05) is 6.61 Å². The summed E-state index contributed by atoms with van der Waals surface area (Å²) in [4.78, 5) is 4.49. The Balaban J connectivity index is 1.73. The molecule has 0 amide bonds. The van der Waals surface area contributed by atoms with Crippen molar-refractivity contribution in [2.45, 2.75) is 109 Å². The van der Waals surface area contributed by atoms with Crippen molar-refractivity contribution < 1.29 is 14.2 Å². The van der Waals surface area contributed by atoms with E-state index in [-0.39, 0.29) is 30.5 Å². The molecular formula is C27H41NO3. The highest BCUT2D eigenvalue weighted by molar-refractivity contribution is 5.47. The molecule has 4 unspecified atom stereocenters. The minimum atomic E-state index is -0.0922. The summed E-state index contributed by atoms with van der Waals surface area (Å²) in [7, 11) is 0. The van der Waals surface area contributed by atoms with E-state index in [1.807, 2.05) is 18.2 Å². The van der Waals surface area contributed by atoms with Gasteiger partial charge in [0.1, 0.15) is 18.5 Å². The van der Waals surface area contributed by atoms with Crippen LogP contribution < -0.4 is 4.74 Å². The van der Waals surface area contributed by atoms with Crippen LogP contribution in [0, 0.1) is 12.8 Å². The molecule has 0 bridgehead atoms. The van der Waals surface area contributed by atoms with Gasteiger partial charge < -0.3 is 14.2 Å². The second kappa shape index (κ2) is 12.4. The molecule has 2 saturated carbocycles. The molecule has 0 N–H and O–H groups in total. The van der Waals surface area contributed by atoms with Gasteiger partial charge in [0.2, 0.25) is 0 Å². The zero-order valence-electron chi connectivity index (χ0n) is 19.7. The number of para-hydroxylation sites is 1. The van der Waals surface area contributed by atoms with E-state index >= 15 is 0 Å². The smallest absolute Gasteiger partial charge is 0.122 e. The van der Waals surface area contributed by atoms with E-state index < -0.39 is 0 Å². The summed E-state index contributed by atoms with van der Waals surface area (Å²) < 4.78 is 19.7. The summed E-state index contributed by atoms with van der Waals surface area (Å²) in [5.41, 5.74) is 1.15. The maximum absolute atomic E-state index is 6.75. The standard InChI is InChI=1S/C27H41NO3/c1-5-23(30-26-18-12-9-15-22(26)28-6-2)27(31-25-17-11-8-14-21(25)4)19-29-24-16-10-7-13-20(24)3/h7,10,13,16,21-23,25-27H,2,5,8-9,11-12,14-15,17-19H2,1,3-4H3/t21?,22?,23?,25-,26-,27?/m0/s1. The van der Waals surface area contributed by atoms with Crippen LogP contribution in [0.1, 0.15) is 77.2 Å². The Kier molecular flexibility index (Phi) is 9.64. The molecule has 0 spiro atoms. The molecule has 6 atom stereocenters. The molecule has 172 valence electrons. The highest BCUT2D eigenvalue weighted by Gasteiger charge is 2.34. The van der Waals surface area contributed by atoms with Gasteiger partial charge in [-0.1, -0.05) is 57.7 Å². The van der Waals surface area contributed by atoms with Gasteiger partial charge in [0.05, 0.1) is 24.4 Å². The monoisotopic (exact) mass is 427 g/mol. The Hall–Kier alpha value is -1.61. The normalized spacial score (nSPS) is 28.4. The number of aryl methyl sites for hydroxylation is 1. The summed E-state index contributed by atoms with van der Waals surface area (Å²) in [6, 6.07) is 8.35. The summed E-state index contributed by atoms with van der Waals surface area (Å²) >= 11 is 0. The summed E-state index contributed by atoms with van der Waals surface area (Å²) in [5, 5.41) is 0. The second-order valence-electron chi connectivity index (χ2n) is 9.31. The van der Waals surface area contributed by atoms with E-state index in [0.29, 0.717) is 12.5 Å². The molecule has 2 aliphatic carbocycles. The molecule has 0 aliphatic heterocycles. The average molecular weight is 428 g/mol. The van der Waals surface area contributed by atoms with Gasteiger partial charge >= 0.3 is 0 Å². The van der Waals surface area contributed by atoms with Crippen LogP contribution in [0.2, 0.25) is 0 Å². The van der Waals surface area contributed by atoms with Crippen molar-refractivity contribution in [3.63, 3.8) is 0 Å². The fraction of sp³-hybridized carbons (Fsp3) is 0.704. The molecule has 1 aromatic rings. The molecule has 0 radical (unpaired) electrons. The van der Waals surface area contributed by atoms with Crippen LogP contribution in [0.25, 0.3) is 0 Å². The number of nitrogens with zero attached hydrogens (tertiary/aromatic N) is 1. The van der Waals surface area contributed by atoms with Crippen molar-refractivity contribution in [3.05, 3.63) is 36.4 Å². The van der Waals surface area contributed by atoms with Crippen LogP contribution in [-0.2, 0) is 9.47 Å². The first kappa shape index (κ1) is 24.0. The van der Waals surface area contributed by atoms with Crippen molar-refractivity contribution in [1.82, 2.24) is 0 Å². The first-order valence-electron chi connectivity index (χ1n) is 12.3. The van der Waals surface area contributed by atoms with E-state index in [1.165, 1.54) is 32.1 Å².